The fourth-order valence-electron chi connectivity index (χ4n) is 3.45. The monoisotopic (exact) mass is 372 g/mol. The normalized spacial score (nSPS) is 15.8. The van der Waals surface area contributed by atoms with Gasteiger partial charge in [0.25, 0.3) is 0 Å². The van der Waals surface area contributed by atoms with Crippen LogP contribution < -0.4 is 10.6 Å². The van der Waals surface area contributed by atoms with Crippen LogP contribution in [-0.4, -0.2) is 45.9 Å². The van der Waals surface area contributed by atoms with Crippen molar-refractivity contribution in [3.63, 3.8) is 0 Å². The molecule has 0 bridgehead atoms. The van der Waals surface area contributed by atoms with Crippen LogP contribution >= 0.6 is 0 Å². The van der Waals surface area contributed by atoms with Crippen LogP contribution in [-0.2, 0) is 10.3 Å². The second-order valence-electron chi connectivity index (χ2n) is 6.53. The molecule has 0 radical (unpaired) electrons. The highest BCUT2D eigenvalue weighted by Gasteiger charge is 2.40. The zero-order valence-electron chi connectivity index (χ0n) is 15.6. The largest absolute Gasteiger partial charge is 0.462 e. The van der Waals surface area contributed by atoms with Gasteiger partial charge < -0.3 is 15.4 Å². The molecule has 9 heteroatoms. The molecule has 0 unspecified atom stereocenters. The van der Waals surface area contributed by atoms with Crippen LogP contribution in [0.3, 0.4) is 0 Å². The Morgan fingerprint density at radius 2 is 1.89 bits per heavy atom. The quantitative estimate of drug-likeness (QED) is 0.776. The summed E-state index contributed by atoms with van der Waals surface area (Å²) in [6.45, 7) is 2.09. The van der Waals surface area contributed by atoms with Crippen LogP contribution in [0.25, 0.3) is 5.69 Å². The minimum absolute atomic E-state index is 0.260. The summed E-state index contributed by atoms with van der Waals surface area (Å²) < 4.78 is 6.63. The van der Waals surface area contributed by atoms with Crippen molar-refractivity contribution in [1.82, 2.24) is 30.8 Å². The van der Waals surface area contributed by atoms with Gasteiger partial charge in [0, 0.05) is 7.05 Å². The van der Waals surface area contributed by atoms with E-state index in [1.54, 1.807) is 42.9 Å². The zero-order valence-corrected chi connectivity index (χ0v) is 15.6. The highest BCUT2D eigenvalue weighted by Crippen LogP contribution is 2.36. The number of aromatic nitrogens is 4. The van der Waals surface area contributed by atoms with Crippen LogP contribution in [0.5, 0.6) is 0 Å². The molecular formula is C18H24N6O3. The number of amides is 2. The van der Waals surface area contributed by atoms with Gasteiger partial charge in [-0.05, 0) is 54.5 Å². The summed E-state index contributed by atoms with van der Waals surface area (Å²) in [5.74, 6) is 0.223. The van der Waals surface area contributed by atoms with E-state index in [9.17, 15) is 9.59 Å². The first-order valence-electron chi connectivity index (χ1n) is 9.16. The molecule has 2 aromatic rings. The summed E-state index contributed by atoms with van der Waals surface area (Å²) in [5, 5.41) is 17.9. The first-order valence-corrected chi connectivity index (χ1v) is 9.16. The van der Waals surface area contributed by atoms with Crippen molar-refractivity contribution in [2.45, 2.75) is 44.6 Å². The Labute approximate surface area is 157 Å². The van der Waals surface area contributed by atoms with Crippen molar-refractivity contribution in [2.24, 2.45) is 0 Å². The molecule has 1 heterocycles. The zero-order chi connectivity index (χ0) is 19.3. The van der Waals surface area contributed by atoms with Crippen molar-refractivity contribution in [3.8, 4) is 5.69 Å². The van der Waals surface area contributed by atoms with Crippen molar-refractivity contribution in [3.05, 3.63) is 35.7 Å². The summed E-state index contributed by atoms with van der Waals surface area (Å²) in [4.78, 5) is 23.9. The summed E-state index contributed by atoms with van der Waals surface area (Å²) in [6.07, 6.45) is 4.62. The van der Waals surface area contributed by atoms with Gasteiger partial charge in [0.15, 0.2) is 5.82 Å². The van der Waals surface area contributed by atoms with E-state index in [0.717, 1.165) is 32.1 Å². The van der Waals surface area contributed by atoms with Gasteiger partial charge in [0.1, 0.15) is 5.54 Å². The minimum Gasteiger partial charge on any atom is -0.462 e. The number of carbonyl (C=O) groups is 2. The van der Waals surface area contributed by atoms with Crippen LogP contribution in [0, 0.1) is 0 Å². The number of esters is 1. The molecule has 1 aromatic heterocycles. The number of hydrogen-bond acceptors (Lipinski definition) is 6. The Morgan fingerprint density at radius 3 is 2.52 bits per heavy atom. The number of hydrogen-bond donors (Lipinski definition) is 2. The van der Waals surface area contributed by atoms with Gasteiger partial charge >= 0.3 is 12.0 Å². The van der Waals surface area contributed by atoms with Crippen LogP contribution in [0.1, 0.15) is 55.2 Å². The molecule has 0 spiro atoms. The Morgan fingerprint density at radius 1 is 1.19 bits per heavy atom. The standard InChI is InChI=1S/C18H24N6O3/c1-3-27-15(25)13-7-9-14(10-8-13)24-16(21-22-23-24)18(20-17(26)19-2)11-5-4-6-12-18/h7-10H,3-6,11-12H2,1-2H3,(H2,19,20,26). The van der Waals surface area contributed by atoms with E-state index in [2.05, 4.69) is 26.2 Å². The molecule has 1 saturated carbocycles. The molecule has 2 amide bonds. The molecule has 144 valence electrons. The van der Waals surface area contributed by atoms with E-state index in [1.165, 1.54) is 0 Å². The van der Waals surface area contributed by atoms with E-state index in [1.807, 2.05) is 0 Å². The van der Waals surface area contributed by atoms with E-state index in [0.29, 0.717) is 23.7 Å². The molecule has 1 aliphatic carbocycles. The molecule has 1 fully saturated rings. The molecule has 0 atom stereocenters. The molecular weight excluding hydrogens is 348 g/mol. The van der Waals surface area contributed by atoms with Gasteiger partial charge in [-0.2, -0.15) is 4.68 Å². The van der Waals surface area contributed by atoms with Crippen LogP contribution in [0.15, 0.2) is 24.3 Å². The number of nitrogens with one attached hydrogen (secondary N) is 2. The lowest BCUT2D eigenvalue weighted by Crippen LogP contribution is -2.51. The fraction of sp³-hybridized carbons (Fsp3) is 0.500. The SMILES string of the molecule is CCOC(=O)c1ccc(-n2nnnc2C2(NC(=O)NC)CCCCC2)cc1. The lowest BCUT2D eigenvalue weighted by Gasteiger charge is -2.36. The molecule has 3 rings (SSSR count). The molecule has 0 saturated heterocycles. The average Bonchev–Trinajstić information content (AvgIpc) is 3.19. The van der Waals surface area contributed by atoms with Gasteiger partial charge in [-0.15, -0.1) is 5.10 Å². The van der Waals surface area contributed by atoms with Crippen molar-refractivity contribution in [1.29, 1.82) is 0 Å². The Kier molecular flexibility index (Phi) is 5.68. The lowest BCUT2D eigenvalue weighted by atomic mass is 9.81. The number of carbonyl (C=O) groups excluding carboxylic acids is 2. The maximum Gasteiger partial charge on any atom is 0.338 e. The molecule has 1 aromatic carbocycles. The van der Waals surface area contributed by atoms with Gasteiger partial charge in [-0.25, -0.2) is 9.59 Å². The molecule has 9 nitrogen and oxygen atoms in total. The second kappa shape index (κ2) is 8.15. The Bertz CT molecular complexity index is 796. The number of urea groups is 1. The fourth-order valence-corrected chi connectivity index (χ4v) is 3.45. The third-order valence-corrected chi connectivity index (χ3v) is 4.81. The molecule has 1 aliphatic rings. The summed E-state index contributed by atoms with van der Waals surface area (Å²) in [6, 6.07) is 6.63. The third kappa shape index (κ3) is 3.91. The van der Waals surface area contributed by atoms with Crippen molar-refractivity contribution >= 4 is 12.0 Å². The maximum absolute atomic E-state index is 12.1. The average molecular weight is 372 g/mol. The number of tetrazole rings is 1. The van der Waals surface area contributed by atoms with Crippen molar-refractivity contribution < 1.29 is 14.3 Å². The molecule has 0 aliphatic heterocycles. The number of nitrogens with zero attached hydrogens (tertiary/aromatic N) is 4. The topological polar surface area (TPSA) is 111 Å². The smallest absolute Gasteiger partial charge is 0.338 e. The first-order chi connectivity index (χ1) is 13.1. The molecule has 2 N–H and O–H groups in total. The third-order valence-electron chi connectivity index (χ3n) is 4.81. The highest BCUT2D eigenvalue weighted by molar-refractivity contribution is 5.89. The summed E-state index contributed by atoms with van der Waals surface area (Å²) in [7, 11) is 1.59. The van der Waals surface area contributed by atoms with Gasteiger partial charge in [-0.1, -0.05) is 19.3 Å². The van der Waals surface area contributed by atoms with E-state index < -0.39 is 5.54 Å². The van der Waals surface area contributed by atoms with Crippen LogP contribution in [0.2, 0.25) is 0 Å². The lowest BCUT2D eigenvalue weighted by molar-refractivity contribution is 0.0526. The van der Waals surface area contributed by atoms with Gasteiger partial charge in [0.05, 0.1) is 17.9 Å². The van der Waals surface area contributed by atoms with E-state index in [-0.39, 0.29) is 12.0 Å². The highest BCUT2D eigenvalue weighted by atomic mass is 16.5. The Hall–Kier alpha value is -2.97. The first kappa shape index (κ1) is 18.8. The van der Waals surface area contributed by atoms with E-state index >= 15 is 0 Å². The van der Waals surface area contributed by atoms with Crippen LogP contribution in [0.4, 0.5) is 4.79 Å². The summed E-state index contributed by atoms with van der Waals surface area (Å²) in [5.41, 5.74) is 0.555. The van der Waals surface area contributed by atoms with Crippen molar-refractivity contribution in [2.75, 3.05) is 13.7 Å². The number of rotatable bonds is 5. The predicted molar refractivity (Wildman–Crippen MR) is 97.5 cm³/mol. The Balaban J connectivity index is 1.94. The predicted octanol–water partition coefficient (Wildman–Crippen LogP) is 1.93. The van der Waals surface area contributed by atoms with E-state index in [4.69, 9.17) is 4.74 Å². The van der Waals surface area contributed by atoms with Gasteiger partial charge in [0.2, 0.25) is 0 Å². The summed E-state index contributed by atoms with van der Waals surface area (Å²) >= 11 is 0. The maximum atomic E-state index is 12.1. The van der Waals surface area contributed by atoms with Gasteiger partial charge in [-0.3, -0.25) is 0 Å². The second-order valence-corrected chi connectivity index (χ2v) is 6.53. The number of benzene rings is 1. The molecule has 27 heavy (non-hydrogen) atoms. The number of ether oxygens (including phenoxy) is 1. The minimum atomic E-state index is -0.623.